The van der Waals surface area contributed by atoms with E-state index in [0.717, 1.165) is 26.1 Å². The normalized spacial score (nSPS) is 16.0. The molecule has 4 N–H and O–H groups in total. The first-order chi connectivity index (χ1) is 12.8. The summed E-state index contributed by atoms with van der Waals surface area (Å²) in [5.41, 5.74) is 11.5. The van der Waals surface area contributed by atoms with Crippen LogP contribution in [0.15, 0.2) is 42.5 Å². The van der Waals surface area contributed by atoms with E-state index in [9.17, 15) is 4.79 Å². The van der Waals surface area contributed by atoms with E-state index in [1.807, 2.05) is 24.3 Å². The summed E-state index contributed by atoms with van der Waals surface area (Å²) in [6.07, 6.45) is 2.13. The Labute approximate surface area is 162 Å². The second-order valence-corrected chi connectivity index (χ2v) is 8.75. The Bertz CT molecular complexity index is 790. The van der Waals surface area contributed by atoms with Crippen molar-refractivity contribution in [3.8, 4) is 0 Å². The van der Waals surface area contributed by atoms with Crippen LogP contribution >= 0.6 is 0 Å². The zero-order valence-corrected chi connectivity index (χ0v) is 16.6. The third-order valence-corrected chi connectivity index (χ3v) is 5.20. The van der Waals surface area contributed by atoms with Crippen LogP contribution in [0.4, 0.5) is 5.69 Å². The SMILES string of the molecule is CC(C)(C)CCNCc1ccc2c(c1)C(Cc1ccc(C(N)=O)cc1)CN2. The van der Waals surface area contributed by atoms with Crippen molar-refractivity contribution in [2.24, 2.45) is 11.1 Å². The molecule has 0 aromatic heterocycles. The van der Waals surface area contributed by atoms with Crippen molar-refractivity contribution in [2.45, 2.75) is 46.1 Å². The van der Waals surface area contributed by atoms with Gasteiger partial charge < -0.3 is 16.4 Å². The number of primary amides is 1. The summed E-state index contributed by atoms with van der Waals surface area (Å²) in [4.78, 5) is 11.2. The number of benzene rings is 2. The Balaban J connectivity index is 1.62. The molecule has 0 saturated heterocycles. The summed E-state index contributed by atoms with van der Waals surface area (Å²) >= 11 is 0. The van der Waals surface area contributed by atoms with E-state index in [2.05, 4.69) is 49.6 Å². The molecule has 27 heavy (non-hydrogen) atoms. The second-order valence-electron chi connectivity index (χ2n) is 8.75. The predicted molar refractivity (Wildman–Crippen MR) is 112 cm³/mol. The zero-order valence-electron chi connectivity index (χ0n) is 16.6. The van der Waals surface area contributed by atoms with Gasteiger partial charge in [-0.15, -0.1) is 0 Å². The minimum atomic E-state index is -0.377. The quantitative estimate of drug-likeness (QED) is 0.648. The van der Waals surface area contributed by atoms with Gasteiger partial charge in [0.25, 0.3) is 0 Å². The summed E-state index contributed by atoms with van der Waals surface area (Å²) < 4.78 is 0. The van der Waals surface area contributed by atoms with Gasteiger partial charge in [0.1, 0.15) is 0 Å². The summed E-state index contributed by atoms with van der Waals surface area (Å²) in [7, 11) is 0. The topological polar surface area (TPSA) is 67.1 Å². The summed E-state index contributed by atoms with van der Waals surface area (Å²) in [5.74, 6) is 0.0759. The Hall–Kier alpha value is -2.33. The molecule has 2 aromatic rings. The number of nitrogens with two attached hydrogens (primary N) is 1. The van der Waals surface area contributed by atoms with Gasteiger partial charge in [0, 0.05) is 30.3 Å². The third-order valence-electron chi connectivity index (χ3n) is 5.20. The lowest BCUT2D eigenvalue weighted by atomic mass is 9.92. The average Bonchev–Trinajstić information content (AvgIpc) is 3.01. The molecule has 0 radical (unpaired) electrons. The Kier molecular flexibility index (Phi) is 5.85. The zero-order chi connectivity index (χ0) is 19.4. The highest BCUT2D eigenvalue weighted by atomic mass is 16.1. The van der Waals surface area contributed by atoms with E-state index in [0.29, 0.717) is 16.9 Å². The average molecular weight is 366 g/mol. The molecule has 0 spiro atoms. The predicted octanol–water partition coefficient (Wildman–Crippen LogP) is 4.06. The molecule has 2 aromatic carbocycles. The van der Waals surface area contributed by atoms with E-state index in [4.69, 9.17) is 5.73 Å². The van der Waals surface area contributed by atoms with Gasteiger partial charge in [-0.05, 0) is 59.7 Å². The van der Waals surface area contributed by atoms with Crippen LogP contribution in [0.25, 0.3) is 0 Å². The number of hydrogen-bond acceptors (Lipinski definition) is 3. The first kappa shape index (κ1) is 19.4. The van der Waals surface area contributed by atoms with E-state index < -0.39 is 0 Å². The van der Waals surface area contributed by atoms with Gasteiger partial charge in [-0.25, -0.2) is 0 Å². The van der Waals surface area contributed by atoms with Crippen molar-refractivity contribution in [1.29, 1.82) is 0 Å². The number of amides is 1. The third kappa shape index (κ3) is 5.33. The molecular formula is C23H31N3O. The molecule has 1 atom stereocenters. The molecule has 4 nitrogen and oxygen atoms in total. The van der Waals surface area contributed by atoms with E-state index >= 15 is 0 Å². The van der Waals surface area contributed by atoms with Crippen LogP contribution in [0.5, 0.6) is 0 Å². The molecule has 0 fully saturated rings. The smallest absolute Gasteiger partial charge is 0.248 e. The largest absolute Gasteiger partial charge is 0.384 e. The lowest BCUT2D eigenvalue weighted by molar-refractivity contribution is 0.100. The Morgan fingerprint density at radius 1 is 1.15 bits per heavy atom. The van der Waals surface area contributed by atoms with Crippen molar-refractivity contribution < 1.29 is 4.79 Å². The van der Waals surface area contributed by atoms with Crippen LogP contribution in [0.3, 0.4) is 0 Å². The maximum Gasteiger partial charge on any atom is 0.248 e. The first-order valence-corrected chi connectivity index (χ1v) is 9.78. The number of hydrogen-bond donors (Lipinski definition) is 3. The molecule has 0 saturated carbocycles. The van der Waals surface area contributed by atoms with Crippen LogP contribution < -0.4 is 16.4 Å². The van der Waals surface area contributed by atoms with Crippen LogP contribution in [0.1, 0.15) is 60.2 Å². The first-order valence-electron chi connectivity index (χ1n) is 9.78. The summed E-state index contributed by atoms with van der Waals surface area (Å²) in [5, 5.41) is 7.09. The highest BCUT2D eigenvalue weighted by Crippen LogP contribution is 2.34. The molecular weight excluding hydrogens is 334 g/mol. The molecule has 1 unspecified atom stereocenters. The second kappa shape index (κ2) is 8.13. The van der Waals surface area contributed by atoms with Gasteiger partial charge in [0.05, 0.1) is 0 Å². The fourth-order valence-corrected chi connectivity index (χ4v) is 3.53. The van der Waals surface area contributed by atoms with Crippen LogP contribution in [0, 0.1) is 5.41 Å². The number of carbonyl (C=O) groups is 1. The minimum Gasteiger partial charge on any atom is -0.384 e. The fraction of sp³-hybridized carbons (Fsp3) is 0.435. The van der Waals surface area contributed by atoms with Gasteiger partial charge >= 0.3 is 0 Å². The van der Waals surface area contributed by atoms with Gasteiger partial charge in [-0.3, -0.25) is 4.79 Å². The van der Waals surface area contributed by atoms with Crippen LogP contribution in [-0.2, 0) is 13.0 Å². The van der Waals surface area contributed by atoms with Gasteiger partial charge in [-0.2, -0.15) is 0 Å². The highest BCUT2D eigenvalue weighted by Gasteiger charge is 2.22. The standard InChI is InChI=1S/C23H31N3O/c1-23(2,3)10-11-25-14-17-6-9-21-20(13-17)19(15-26-21)12-16-4-7-18(8-5-16)22(24)27/h4-9,13,19,25-26H,10-12,14-15H2,1-3H3,(H2,24,27). The minimum absolute atomic E-state index is 0.365. The molecule has 0 bridgehead atoms. The number of carbonyl (C=O) groups excluding carboxylic acids is 1. The van der Waals surface area contributed by atoms with Crippen molar-refractivity contribution in [2.75, 3.05) is 18.4 Å². The Morgan fingerprint density at radius 3 is 2.52 bits per heavy atom. The molecule has 0 aliphatic carbocycles. The van der Waals surface area contributed by atoms with Gasteiger partial charge in [0.15, 0.2) is 0 Å². The Morgan fingerprint density at radius 2 is 1.85 bits per heavy atom. The van der Waals surface area contributed by atoms with Crippen molar-refractivity contribution >= 4 is 11.6 Å². The van der Waals surface area contributed by atoms with E-state index in [1.165, 1.54) is 28.8 Å². The van der Waals surface area contributed by atoms with Gasteiger partial charge in [-0.1, -0.05) is 45.0 Å². The van der Waals surface area contributed by atoms with E-state index in [1.54, 1.807) is 0 Å². The van der Waals surface area contributed by atoms with Crippen LogP contribution in [0.2, 0.25) is 0 Å². The highest BCUT2D eigenvalue weighted by molar-refractivity contribution is 5.92. The summed E-state index contributed by atoms with van der Waals surface area (Å²) in [6.45, 7) is 9.72. The fourth-order valence-electron chi connectivity index (χ4n) is 3.53. The lowest BCUT2D eigenvalue weighted by Crippen LogP contribution is -2.20. The summed E-state index contributed by atoms with van der Waals surface area (Å²) in [6, 6.07) is 14.4. The molecule has 144 valence electrons. The lowest BCUT2D eigenvalue weighted by Gasteiger charge is -2.18. The molecule has 1 aliphatic heterocycles. The van der Waals surface area contributed by atoms with Crippen molar-refractivity contribution in [3.05, 3.63) is 64.7 Å². The number of nitrogens with one attached hydrogen (secondary N) is 2. The maximum absolute atomic E-state index is 11.2. The molecule has 1 amide bonds. The molecule has 3 rings (SSSR count). The number of rotatable bonds is 7. The maximum atomic E-state index is 11.2. The molecule has 4 heteroatoms. The molecule has 1 aliphatic rings. The molecule has 1 heterocycles. The van der Waals surface area contributed by atoms with Crippen LogP contribution in [-0.4, -0.2) is 19.0 Å². The van der Waals surface area contributed by atoms with Crippen molar-refractivity contribution in [3.63, 3.8) is 0 Å². The number of anilines is 1. The van der Waals surface area contributed by atoms with Crippen molar-refractivity contribution in [1.82, 2.24) is 5.32 Å². The van der Waals surface area contributed by atoms with Gasteiger partial charge in [0.2, 0.25) is 5.91 Å². The van der Waals surface area contributed by atoms with E-state index in [-0.39, 0.29) is 5.91 Å². The monoisotopic (exact) mass is 365 g/mol. The number of fused-ring (bicyclic) bond motifs is 1.